The first-order valence-electron chi connectivity index (χ1n) is 6.19. The highest BCUT2D eigenvalue weighted by Gasteiger charge is 2.19. The molecule has 0 atom stereocenters. The molecule has 0 bridgehead atoms. The standard InChI is InChI=1S/C14H17NOS/c15-8-14-12(9-16-10-4-3-5-10)11-6-1-2-7-13(11)17-14/h1-2,6-7,10H,3-5,8-9,15H2. The van der Waals surface area contributed by atoms with Crippen LogP contribution in [0.2, 0.25) is 0 Å². The Bertz CT molecular complexity index is 516. The van der Waals surface area contributed by atoms with E-state index >= 15 is 0 Å². The summed E-state index contributed by atoms with van der Waals surface area (Å²) >= 11 is 1.80. The fourth-order valence-electron chi connectivity index (χ4n) is 2.21. The molecule has 2 N–H and O–H groups in total. The van der Waals surface area contributed by atoms with Gasteiger partial charge < -0.3 is 10.5 Å². The predicted molar refractivity (Wildman–Crippen MR) is 72.1 cm³/mol. The molecule has 1 aliphatic carbocycles. The fourth-order valence-corrected chi connectivity index (χ4v) is 3.30. The van der Waals surface area contributed by atoms with Crippen molar-refractivity contribution in [1.29, 1.82) is 0 Å². The number of hydrogen-bond acceptors (Lipinski definition) is 3. The third-order valence-electron chi connectivity index (χ3n) is 3.48. The summed E-state index contributed by atoms with van der Waals surface area (Å²) in [5, 5.41) is 1.32. The van der Waals surface area contributed by atoms with Crippen LogP contribution in [0.1, 0.15) is 29.7 Å². The van der Waals surface area contributed by atoms with E-state index in [1.807, 2.05) is 0 Å². The molecule has 0 radical (unpaired) electrons. The second kappa shape index (κ2) is 4.77. The zero-order valence-electron chi connectivity index (χ0n) is 9.82. The van der Waals surface area contributed by atoms with E-state index in [4.69, 9.17) is 10.5 Å². The van der Waals surface area contributed by atoms with Crippen molar-refractivity contribution in [1.82, 2.24) is 0 Å². The molecule has 0 saturated heterocycles. The van der Waals surface area contributed by atoms with Crippen LogP contribution >= 0.6 is 11.3 Å². The molecule has 1 aliphatic rings. The van der Waals surface area contributed by atoms with Gasteiger partial charge in [0.05, 0.1) is 12.7 Å². The summed E-state index contributed by atoms with van der Waals surface area (Å²) in [6.07, 6.45) is 4.25. The molecule has 1 heterocycles. The Labute approximate surface area is 105 Å². The van der Waals surface area contributed by atoms with Crippen LogP contribution in [-0.2, 0) is 17.9 Å². The number of nitrogens with two attached hydrogens (primary N) is 1. The lowest BCUT2D eigenvalue weighted by molar-refractivity contribution is -0.00829. The number of rotatable bonds is 4. The lowest BCUT2D eigenvalue weighted by Crippen LogP contribution is -2.21. The van der Waals surface area contributed by atoms with E-state index in [1.54, 1.807) is 11.3 Å². The Hall–Kier alpha value is -0.900. The topological polar surface area (TPSA) is 35.2 Å². The Morgan fingerprint density at radius 3 is 2.82 bits per heavy atom. The normalized spacial score (nSPS) is 16.3. The summed E-state index contributed by atoms with van der Waals surface area (Å²) in [7, 11) is 0. The maximum atomic E-state index is 5.92. The van der Waals surface area contributed by atoms with Crippen LogP contribution in [0.3, 0.4) is 0 Å². The van der Waals surface area contributed by atoms with Gasteiger partial charge in [-0.15, -0.1) is 11.3 Å². The van der Waals surface area contributed by atoms with Crippen LogP contribution < -0.4 is 5.73 Å². The first-order chi connectivity index (χ1) is 8.38. The molecule has 1 fully saturated rings. The van der Waals surface area contributed by atoms with Gasteiger partial charge in [0, 0.05) is 21.7 Å². The smallest absolute Gasteiger partial charge is 0.0738 e. The molecule has 1 saturated carbocycles. The summed E-state index contributed by atoms with van der Waals surface area (Å²) in [5.74, 6) is 0. The van der Waals surface area contributed by atoms with E-state index in [0.717, 1.165) is 6.61 Å². The zero-order valence-corrected chi connectivity index (χ0v) is 10.6. The second-order valence-corrected chi connectivity index (χ2v) is 5.70. The van der Waals surface area contributed by atoms with Gasteiger partial charge in [-0.2, -0.15) is 0 Å². The molecule has 1 aromatic heterocycles. The number of thiophene rings is 1. The first kappa shape index (κ1) is 11.2. The number of fused-ring (bicyclic) bond motifs is 1. The van der Waals surface area contributed by atoms with Gasteiger partial charge in [-0.1, -0.05) is 18.2 Å². The van der Waals surface area contributed by atoms with Gasteiger partial charge in [0.1, 0.15) is 0 Å². The molecular weight excluding hydrogens is 230 g/mol. The third-order valence-corrected chi connectivity index (χ3v) is 4.72. The van der Waals surface area contributed by atoms with Crippen LogP contribution in [0.15, 0.2) is 24.3 Å². The Balaban J connectivity index is 1.88. The van der Waals surface area contributed by atoms with Crippen LogP contribution in [0.5, 0.6) is 0 Å². The van der Waals surface area contributed by atoms with Crippen LogP contribution in [0.25, 0.3) is 10.1 Å². The van der Waals surface area contributed by atoms with E-state index in [0.29, 0.717) is 12.6 Å². The summed E-state index contributed by atoms with van der Waals surface area (Å²) in [5.41, 5.74) is 7.13. The SMILES string of the molecule is NCc1sc2ccccc2c1COC1CCC1. The van der Waals surface area contributed by atoms with Crippen molar-refractivity contribution in [2.45, 2.75) is 38.5 Å². The molecule has 1 aromatic carbocycles. The van der Waals surface area contributed by atoms with E-state index in [-0.39, 0.29) is 0 Å². The zero-order chi connectivity index (χ0) is 11.7. The average Bonchev–Trinajstić information content (AvgIpc) is 2.66. The molecule has 90 valence electrons. The van der Waals surface area contributed by atoms with E-state index in [1.165, 1.54) is 39.8 Å². The summed E-state index contributed by atoms with van der Waals surface area (Å²) in [4.78, 5) is 1.27. The minimum atomic E-state index is 0.485. The van der Waals surface area contributed by atoms with Gasteiger partial charge in [-0.3, -0.25) is 0 Å². The molecule has 0 spiro atoms. The van der Waals surface area contributed by atoms with E-state index < -0.39 is 0 Å². The van der Waals surface area contributed by atoms with Gasteiger partial charge >= 0.3 is 0 Å². The molecule has 2 aromatic rings. The lowest BCUT2D eigenvalue weighted by Gasteiger charge is -2.25. The monoisotopic (exact) mass is 247 g/mol. The fraction of sp³-hybridized carbons (Fsp3) is 0.429. The summed E-state index contributed by atoms with van der Waals surface area (Å²) in [6, 6.07) is 8.49. The highest BCUT2D eigenvalue weighted by Crippen LogP contribution is 2.33. The van der Waals surface area contributed by atoms with Crippen LogP contribution in [0.4, 0.5) is 0 Å². The van der Waals surface area contributed by atoms with Crippen molar-refractivity contribution in [3.63, 3.8) is 0 Å². The molecule has 17 heavy (non-hydrogen) atoms. The van der Waals surface area contributed by atoms with E-state index in [9.17, 15) is 0 Å². The number of hydrogen-bond donors (Lipinski definition) is 1. The molecule has 2 nitrogen and oxygen atoms in total. The largest absolute Gasteiger partial charge is 0.373 e. The van der Waals surface area contributed by atoms with Crippen molar-refractivity contribution in [2.24, 2.45) is 5.73 Å². The molecule has 0 amide bonds. The van der Waals surface area contributed by atoms with Crippen LogP contribution in [0, 0.1) is 0 Å². The van der Waals surface area contributed by atoms with Crippen molar-refractivity contribution >= 4 is 21.4 Å². The van der Waals surface area contributed by atoms with Gasteiger partial charge in [0.25, 0.3) is 0 Å². The Kier molecular flexibility index (Phi) is 3.14. The minimum Gasteiger partial charge on any atom is -0.373 e. The van der Waals surface area contributed by atoms with Crippen molar-refractivity contribution in [3.05, 3.63) is 34.7 Å². The molecular formula is C14H17NOS. The number of ether oxygens (including phenoxy) is 1. The lowest BCUT2D eigenvalue weighted by atomic mass is 9.96. The van der Waals surface area contributed by atoms with Crippen molar-refractivity contribution in [2.75, 3.05) is 0 Å². The highest BCUT2D eigenvalue weighted by atomic mass is 32.1. The number of benzene rings is 1. The predicted octanol–water partition coefficient (Wildman–Crippen LogP) is 3.43. The molecule has 0 unspecified atom stereocenters. The Morgan fingerprint density at radius 2 is 2.12 bits per heavy atom. The summed E-state index contributed by atoms with van der Waals surface area (Å²) < 4.78 is 7.24. The Morgan fingerprint density at radius 1 is 1.29 bits per heavy atom. The minimum absolute atomic E-state index is 0.485. The first-order valence-corrected chi connectivity index (χ1v) is 7.01. The van der Waals surface area contributed by atoms with Gasteiger partial charge in [0.2, 0.25) is 0 Å². The average molecular weight is 247 g/mol. The quantitative estimate of drug-likeness (QED) is 0.898. The third kappa shape index (κ3) is 2.10. The van der Waals surface area contributed by atoms with Crippen LogP contribution in [-0.4, -0.2) is 6.10 Å². The van der Waals surface area contributed by atoms with Crippen molar-refractivity contribution in [3.8, 4) is 0 Å². The van der Waals surface area contributed by atoms with Crippen molar-refractivity contribution < 1.29 is 4.74 Å². The van der Waals surface area contributed by atoms with Gasteiger partial charge in [-0.05, 0) is 30.7 Å². The maximum Gasteiger partial charge on any atom is 0.0738 e. The molecule has 3 rings (SSSR count). The molecule has 0 aliphatic heterocycles. The van der Waals surface area contributed by atoms with Gasteiger partial charge in [-0.25, -0.2) is 0 Å². The maximum absolute atomic E-state index is 5.92. The molecule has 3 heteroatoms. The van der Waals surface area contributed by atoms with Gasteiger partial charge in [0.15, 0.2) is 0 Å². The van der Waals surface area contributed by atoms with E-state index in [2.05, 4.69) is 24.3 Å². The summed E-state index contributed by atoms with van der Waals surface area (Å²) in [6.45, 7) is 1.34. The highest BCUT2D eigenvalue weighted by molar-refractivity contribution is 7.19. The second-order valence-electron chi connectivity index (χ2n) is 4.57.